The summed E-state index contributed by atoms with van der Waals surface area (Å²) in [6, 6.07) is 13.3. The smallest absolute Gasteiger partial charge is 0.120 e. The molecule has 3 aliphatic rings. The van der Waals surface area contributed by atoms with Crippen LogP contribution in [0.3, 0.4) is 0 Å². The molecule has 0 aromatic heterocycles. The van der Waals surface area contributed by atoms with E-state index in [0.717, 1.165) is 41.6 Å². The van der Waals surface area contributed by atoms with Crippen molar-refractivity contribution in [3.05, 3.63) is 64.2 Å². The molecule has 2 aliphatic carbocycles. The van der Waals surface area contributed by atoms with Crippen LogP contribution < -0.4 is 4.74 Å². The van der Waals surface area contributed by atoms with Gasteiger partial charge in [-0.2, -0.15) is 0 Å². The van der Waals surface area contributed by atoms with Gasteiger partial charge in [0.1, 0.15) is 36.3 Å². The molecule has 8 atom stereocenters. The van der Waals surface area contributed by atoms with E-state index in [1.807, 2.05) is 30.3 Å². The molecule has 0 radical (unpaired) electrons. The highest BCUT2D eigenvalue weighted by atomic mass is 35.5. The Bertz CT molecular complexity index is 955. The third kappa shape index (κ3) is 4.40. The Hall–Kier alpha value is -1.67. The summed E-state index contributed by atoms with van der Waals surface area (Å²) in [5.41, 5.74) is 2.52. The summed E-state index contributed by atoms with van der Waals surface area (Å²) in [6.07, 6.45) is -1.55. The monoisotopic (exact) mass is 460 g/mol. The minimum absolute atomic E-state index is 0.296. The first kappa shape index (κ1) is 22.1. The molecular formula is C25H29ClO6. The predicted molar refractivity (Wildman–Crippen MR) is 119 cm³/mol. The maximum atomic E-state index is 10.6. The number of benzene rings is 2. The van der Waals surface area contributed by atoms with Crippen molar-refractivity contribution in [2.75, 3.05) is 6.61 Å². The second kappa shape index (κ2) is 8.93. The number of aliphatic hydroxyl groups excluding tert-OH is 4. The van der Waals surface area contributed by atoms with E-state index in [2.05, 4.69) is 0 Å². The van der Waals surface area contributed by atoms with Crippen molar-refractivity contribution in [1.82, 2.24) is 0 Å². The van der Waals surface area contributed by atoms with Crippen LogP contribution >= 0.6 is 11.6 Å². The van der Waals surface area contributed by atoms with E-state index in [-0.39, 0.29) is 0 Å². The van der Waals surface area contributed by atoms with Crippen LogP contribution in [-0.4, -0.2) is 57.6 Å². The molecule has 1 aliphatic heterocycles. The van der Waals surface area contributed by atoms with Gasteiger partial charge in [-0.1, -0.05) is 29.8 Å². The van der Waals surface area contributed by atoms with Crippen molar-refractivity contribution in [2.24, 2.45) is 11.8 Å². The van der Waals surface area contributed by atoms with Gasteiger partial charge in [0, 0.05) is 5.02 Å². The average Bonchev–Trinajstić information content (AvgIpc) is 3.39. The van der Waals surface area contributed by atoms with E-state index in [1.54, 1.807) is 12.1 Å². The molecule has 32 heavy (non-hydrogen) atoms. The maximum absolute atomic E-state index is 10.6. The lowest BCUT2D eigenvalue weighted by molar-refractivity contribution is -0.231. The molecule has 4 N–H and O–H groups in total. The summed E-state index contributed by atoms with van der Waals surface area (Å²) >= 11 is 6.27. The van der Waals surface area contributed by atoms with Gasteiger partial charge in [0.15, 0.2) is 0 Å². The lowest BCUT2D eigenvalue weighted by Crippen LogP contribution is -2.55. The van der Waals surface area contributed by atoms with Crippen molar-refractivity contribution in [3.63, 3.8) is 0 Å². The summed E-state index contributed by atoms with van der Waals surface area (Å²) in [4.78, 5) is 0. The van der Waals surface area contributed by atoms with Crippen molar-refractivity contribution in [2.45, 2.75) is 62.3 Å². The Morgan fingerprint density at radius 1 is 0.938 bits per heavy atom. The standard InChI is InChI=1S/C25H29ClO6/c26-17-4-5-20(25-24(30)23(29)22(28)21(12-27)32-25)16(9-17)6-13-2-1-3-18(7-13)31-19-10-14-8-15(14)11-19/h1-5,7,9,14-15,19,21-25,27-30H,6,8,10-12H2/t14-,15+,19?,21-,22-,23+,24-,25+/m1/s1. The van der Waals surface area contributed by atoms with Crippen molar-refractivity contribution in [3.8, 4) is 5.75 Å². The van der Waals surface area contributed by atoms with Crippen LogP contribution in [0.2, 0.25) is 5.02 Å². The lowest BCUT2D eigenvalue weighted by Gasteiger charge is -2.40. The van der Waals surface area contributed by atoms with Gasteiger partial charge < -0.3 is 29.9 Å². The number of aliphatic hydroxyl groups is 4. The average molecular weight is 461 g/mol. The summed E-state index contributed by atoms with van der Waals surface area (Å²) in [6.45, 7) is -0.466. The fraction of sp³-hybridized carbons (Fsp3) is 0.520. The molecule has 1 saturated heterocycles. The summed E-state index contributed by atoms with van der Waals surface area (Å²) < 4.78 is 12.0. The molecule has 2 aromatic carbocycles. The maximum Gasteiger partial charge on any atom is 0.120 e. The van der Waals surface area contributed by atoms with Gasteiger partial charge in [0.05, 0.1) is 12.7 Å². The van der Waals surface area contributed by atoms with Crippen LogP contribution in [0, 0.1) is 11.8 Å². The van der Waals surface area contributed by atoms with E-state index in [9.17, 15) is 20.4 Å². The molecule has 1 unspecified atom stereocenters. The van der Waals surface area contributed by atoms with Crippen LogP contribution in [0.1, 0.15) is 42.1 Å². The zero-order valence-corrected chi connectivity index (χ0v) is 18.4. The van der Waals surface area contributed by atoms with Gasteiger partial charge in [-0.15, -0.1) is 0 Å². The first-order chi connectivity index (χ1) is 15.4. The van der Waals surface area contributed by atoms with Gasteiger partial charge >= 0.3 is 0 Å². The quantitative estimate of drug-likeness (QED) is 0.529. The molecule has 0 spiro atoms. The first-order valence-corrected chi connectivity index (χ1v) is 11.6. The molecule has 2 saturated carbocycles. The second-order valence-electron chi connectivity index (χ2n) is 9.38. The molecule has 3 fully saturated rings. The number of rotatable bonds is 6. The Morgan fingerprint density at radius 3 is 2.47 bits per heavy atom. The van der Waals surface area contributed by atoms with Gasteiger partial charge in [-0.25, -0.2) is 0 Å². The third-order valence-electron chi connectivity index (χ3n) is 7.10. The van der Waals surface area contributed by atoms with Crippen molar-refractivity contribution < 1.29 is 29.9 Å². The Balaban J connectivity index is 1.37. The van der Waals surface area contributed by atoms with E-state index in [4.69, 9.17) is 21.1 Å². The van der Waals surface area contributed by atoms with Crippen LogP contribution in [0.15, 0.2) is 42.5 Å². The van der Waals surface area contributed by atoms with E-state index in [1.165, 1.54) is 6.42 Å². The minimum Gasteiger partial charge on any atom is -0.490 e. The number of hydrogen-bond donors (Lipinski definition) is 4. The fourth-order valence-electron chi connectivity index (χ4n) is 5.26. The Labute approximate surface area is 192 Å². The van der Waals surface area contributed by atoms with Crippen LogP contribution in [0.5, 0.6) is 5.75 Å². The number of ether oxygens (including phenoxy) is 2. The zero-order valence-electron chi connectivity index (χ0n) is 17.7. The molecule has 0 amide bonds. The molecule has 5 rings (SSSR count). The Kier molecular flexibility index (Phi) is 6.18. The van der Waals surface area contributed by atoms with E-state index >= 15 is 0 Å². The van der Waals surface area contributed by atoms with Crippen molar-refractivity contribution >= 4 is 11.6 Å². The van der Waals surface area contributed by atoms with Crippen LogP contribution in [-0.2, 0) is 11.2 Å². The zero-order chi connectivity index (χ0) is 22.4. The Morgan fingerprint density at radius 2 is 1.72 bits per heavy atom. The second-order valence-corrected chi connectivity index (χ2v) is 9.82. The largest absolute Gasteiger partial charge is 0.490 e. The van der Waals surface area contributed by atoms with Crippen LogP contribution in [0.4, 0.5) is 0 Å². The normalized spacial score (nSPS) is 36.0. The third-order valence-corrected chi connectivity index (χ3v) is 7.34. The summed E-state index contributed by atoms with van der Waals surface area (Å²) in [5, 5.41) is 41.0. The highest BCUT2D eigenvalue weighted by molar-refractivity contribution is 6.30. The number of halogens is 1. The number of fused-ring (bicyclic) bond motifs is 1. The SMILES string of the molecule is OC[C@H]1O[C@@H](c2ccc(Cl)cc2Cc2cccc(OC3C[C@@H]4C[C@@H]4C3)c2)[C@H](O)[C@@H](O)[C@@H]1O. The molecule has 6 nitrogen and oxygen atoms in total. The van der Waals surface area contributed by atoms with E-state index < -0.39 is 37.1 Å². The van der Waals surface area contributed by atoms with Gasteiger partial charge in [-0.3, -0.25) is 0 Å². The lowest BCUT2D eigenvalue weighted by atomic mass is 9.87. The summed E-state index contributed by atoms with van der Waals surface area (Å²) in [5.74, 6) is 2.57. The molecule has 172 valence electrons. The van der Waals surface area contributed by atoms with E-state index in [0.29, 0.717) is 23.1 Å². The van der Waals surface area contributed by atoms with Crippen LogP contribution in [0.25, 0.3) is 0 Å². The molecule has 1 heterocycles. The highest BCUT2D eigenvalue weighted by Crippen LogP contribution is 2.52. The molecule has 7 heteroatoms. The topological polar surface area (TPSA) is 99.4 Å². The minimum atomic E-state index is -1.43. The van der Waals surface area contributed by atoms with Crippen molar-refractivity contribution in [1.29, 1.82) is 0 Å². The highest BCUT2D eigenvalue weighted by Gasteiger charge is 2.47. The fourth-order valence-corrected chi connectivity index (χ4v) is 5.45. The van der Waals surface area contributed by atoms with Gasteiger partial charge in [-0.05, 0) is 78.5 Å². The molecule has 2 aromatic rings. The number of hydrogen-bond acceptors (Lipinski definition) is 6. The summed E-state index contributed by atoms with van der Waals surface area (Å²) in [7, 11) is 0. The molecular weight excluding hydrogens is 432 g/mol. The molecule has 0 bridgehead atoms. The predicted octanol–water partition coefficient (Wildman–Crippen LogP) is 2.62. The van der Waals surface area contributed by atoms with Gasteiger partial charge in [0.25, 0.3) is 0 Å². The first-order valence-electron chi connectivity index (χ1n) is 11.3. The van der Waals surface area contributed by atoms with Gasteiger partial charge in [0.2, 0.25) is 0 Å².